The second-order valence-corrected chi connectivity index (χ2v) is 7.89. The molecule has 0 aromatic heterocycles. The highest BCUT2D eigenvalue weighted by molar-refractivity contribution is 4.78. The number of unbranched alkanes of at least 4 members (excludes halogenated alkanes) is 11. The molecular weight excluding hydrogens is 254 g/mol. The van der Waals surface area contributed by atoms with E-state index in [1.807, 2.05) is 0 Å². The third kappa shape index (κ3) is 13.4. The molecule has 0 aliphatic carbocycles. The molecule has 1 heteroatoms. The van der Waals surface area contributed by atoms with Gasteiger partial charge in [0.2, 0.25) is 0 Å². The number of hydrogen-bond donors (Lipinski definition) is 1. The maximum atomic E-state index is 3.48. The topological polar surface area (TPSA) is 12.0 Å². The summed E-state index contributed by atoms with van der Waals surface area (Å²) in [5, 5.41) is 3.48. The standard InChI is InChI=1S/C20H43N/c1-6-7-8-9-10-11-12-13-14-15-16-17-18-19(21-5)20(2,3)4/h19,21H,6-18H2,1-5H3. The van der Waals surface area contributed by atoms with E-state index in [1.54, 1.807) is 0 Å². The molecule has 0 aromatic rings. The minimum Gasteiger partial charge on any atom is -0.316 e. The Morgan fingerprint density at radius 2 is 1.05 bits per heavy atom. The summed E-state index contributed by atoms with van der Waals surface area (Å²) in [6.07, 6.45) is 18.6. The molecule has 1 atom stereocenters. The largest absolute Gasteiger partial charge is 0.316 e. The van der Waals surface area contributed by atoms with Crippen LogP contribution < -0.4 is 5.32 Å². The van der Waals surface area contributed by atoms with E-state index in [-0.39, 0.29) is 0 Å². The van der Waals surface area contributed by atoms with Crippen LogP contribution in [0.2, 0.25) is 0 Å². The molecule has 0 aliphatic rings. The summed E-state index contributed by atoms with van der Waals surface area (Å²) in [4.78, 5) is 0. The normalized spacial score (nSPS) is 13.6. The molecule has 0 radical (unpaired) electrons. The minimum absolute atomic E-state index is 0.395. The van der Waals surface area contributed by atoms with Crippen molar-refractivity contribution in [2.45, 2.75) is 117 Å². The summed E-state index contributed by atoms with van der Waals surface area (Å²) in [7, 11) is 2.11. The summed E-state index contributed by atoms with van der Waals surface area (Å²) >= 11 is 0. The first-order valence-corrected chi connectivity index (χ1v) is 9.69. The third-order valence-electron chi connectivity index (χ3n) is 4.74. The minimum atomic E-state index is 0.395. The Labute approximate surface area is 135 Å². The molecule has 1 N–H and O–H groups in total. The number of rotatable bonds is 14. The first-order valence-electron chi connectivity index (χ1n) is 9.69. The van der Waals surface area contributed by atoms with Crippen molar-refractivity contribution in [2.24, 2.45) is 5.41 Å². The highest BCUT2D eigenvalue weighted by Gasteiger charge is 2.21. The van der Waals surface area contributed by atoms with Crippen molar-refractivity contribution in [1.29, 1.82) is 0 Å². The van der Waals surface area contributed by atoms with Gasteiger partial charge >= 0.3 is 0 Å². The van der Waals surface area contributed by atoms with Crippen LogP contribution in [0.3, 0.4) is 0 Å². The van der Waals surface area contributed by atoms with Gasteiger partial charge in [-0.3, -0.25) is 0 Å². The Bertz CT molecular complexity index is 204. The molecule has 0 saturated carbocycles. The van der Waals surface area contributed by atoms with Crippen molar-refractivity contribution in [3.63, 3.8) is 0 Å². The van der Waals surface area contributed by atoms with Gasteiger partial charge in [-0.05, 0) is 18.9 Å². The Morgan fingerprint density at radius 1 is 0.667 bits per heavy atom. The van der Waals surface area contributed by atoms with Gasteiger partial charge < -0.3 is 5.32 Å². The van der Waals surface area contributed by atoms with Crippen molar-refractivity contribution >= 4 is 0 Å². The van der Waals surface area contributed by atoms with Crippen LogP contribution in [0.5, 0.6) is 0 Å². The van der Waals surface area contributed by atoms with Crippen LogP contribution in [0, 0.1) is 5.41 Å². The van der Waals surface area contributed by atoms with Gasteiger partial charge in [0, 0.05) is 6.04 Å². The van der Waals surface area contributed by atoms with Crippen LogP contribution in [0.1, 0.15) is 111 Å². The van der Waals surface area contributed by atoms with Gasteiger partial charge in [0.25, 0.3) is 0 Å². The smallest absolute Gasteiger partial charge is 0.0113 e. The fraction of sp³-hybridized carbons (Fsp3) is 1.00. The van der Waals surface area contributed by atoms with Crippen molar-refractivity contribution < 1.29 is 0 Å². The molecule has 0 fully saturated rings. The second kappa shape index (κ2) is 13.6. The first kappa shape index (κ1) is 21.0. The van der Waals surface area contributed by atoms with E-state index in [0.29, 0.717) is 11.5 Å². The quantitative estimate of drug-likeness (QED) is 0.351. The van der Waals surface area contributed by atoms with Gasteiger partial charge in [-0.1, -0.05) is 105 Å². The zero-order valence-corrected chi connectivity index (χ0v) is 15.8. The summed E-state index contributed by atoms with van der Waals surface area (Å²) in [6, 6.07) is 0.667. The molecule has 0 amide bonds. The fourth-order valence-corrected chi connectivity index (χ4v) is 3.20. The highest BCUT2D eigenvalue weighted by Crippen LogP contribution is 2.23. The van der Waals surface area contributed by atoms with E-state index in [4.69, 9.17) is 0 Å². The Kier molecular flexibility index (Phi) is 13.6. The van der Waals surface area contributed by atoms with Crippen molar-refractivity contribution in [3.05, 3.63) is 0 Å². The van der Waals surface area contributed by atoms with Gasteiger partial charge in [-0.15, -0.1) is 0 Å². The average molecular weight is 298 g/mol. The first-order chi connectivity index (χ1) is 10.0. The molecule has 0 aromatic carbocycles. The lowest BCUT2D eigenvalue weighted by Crippen LogP contribution is -2.37. The third-order valence-corrected chi connectivity index (χ3v) is 4.74. The van der Waals surface area contributed by atoms with Crippen molar-refractivity contribution in [2.75, 3.05) is 7.05 Å². The van der Waals surface area contributed by atoms with E-state index >= 15 is 0 Å². The molecule has 21 heavy (non-hydrogen) atoms. The molecule has 1 nitrogen and oxygen atoms in total. The summed E-state index contributed by atoms with van der Waals surface area (Å²) < 4.78 is 0. The molecular formula is C20H43N. The maximum Gasteiger partial charge on any atom is 0.0113 e. The van der Waals surface area contributed by atoms with Gasteiger partial charge in [-0.25, -0.2) is 0 Å². The highest BCUT2D eigenvalue weighted by atomic mass is 14.9. The fourth-order valence-electron chi connectivity index (χ4n) is 3.20. The van der Waals surface area contributed by atoms with E-state index in [2.05, 4.69) is 40.1 Å². The van der Waals surface area contributed by atoms with Crippen LogP contribution in [0.25, 0.3) is 0 Å². The van der Waals surface area contributed by atoms with Crippen LogP contribution >= 0.6 is 0 Å². The van der Waals surface area contributed by atoms with Gasteiger partial charge in [0.15, 0.2) is 0 Å². The lowest BCUT2D eigenvalue weighted by Gasteiger charge is -2.30. The maximum absolute atomic E-state index is 3.48. The van der Waals surface area contributed by atoms with Gasteiger partial charge in [0.1, 0.15) is 0 Å². The van der Waals surface area contributed by atoms with E-state index in [1.165, 1.54) is 83.5 Å². The van der Waals surface area contributed by atoms with Gasteiger partial charge in [-0.2, -0.15) is 0 Å². The lowest BCUT2D eigenvalue weighted by atomic mass is 9.83. The summed E-state index contributed by atoms with van der Waals surface area (Å²) in [5.41, 5.74) is 0.395. The molecule has 0 aliphatic heterocycles. The van der Waals surface area contributed by atoms with E-state index in [0.717, 1.165) is 0 Å². The van der Waals surface area contributed by atoms with Crippen LogP contribution in [-0.2, 0) is 0 Å². The number of hydrogen-bond acceptors (Lipinski definition) is 1. The average Bonchev–Trinajstić information content (AvgIpc) is 2.42. The molecule has 0 saturated heterocycles. The summed E-state index contributed by atoms with van der Waals surface area (Å²) in [6.45, 7) is 9.32. The number of nitrogens with one attached hydrogen (secondary N) is 1. The molecule has 128 valence electrons. The summed E-state index contributed by atoms with van der Waals surface area (Å²) in [5.74, 6) is 0. The zero-order chi connectivity index (χ0) is 16.0. The molecule has 0 rings (SSSR count). The van der Waals surface area contributed by atoms with Crippen molar-refractivity contribution in [1.82, 2.24) is 5.32 Å². The van der Waals surface area contributed by atoms with E-state index in [9.17, 15) is 0 Å². The lowest BCUT2D eigenvalue weighted by molar-refractivity contribution is 0.261. The van der Waals surface area contributed by atoms with E-state index < -0.39 is 0 Å². The predicted molar refractivity (Wildman–Crippen MR) is 98.0 cm³/mol. The predicted octanol–water partition coefficient (Wildman–Crippen LogP) is 6.71. The Morgan fingerprint density at radius 3 is 1.38 bits per heavy atom. The van der Waals surface area contributed by atoms with Crippen molar-refractivity contribution in [3.8, 4) is 0 Å². The van der Waals surface area contributed by atoms with Crippen LogP contribution in [-0.4, -0.2) is 13.1 Å². The molecule has 0 heterocycles. The van der Waals surface area contributed by atoms with Crippen LogP contribution in [0.4, 0.5) is 0 Å². The SMILES string of the molecule is CCCCCCCCCCCCCCC(NC)C(C)(C)C. The zero-order valence-electron chi connectivity index (χ0n) is 15.8. The second-order valence-electron chi connectivity index (χ2n) is 7.89. The van der Waals surface area contributed by atoms with Gasteiger partial charge in [0.05, 0.1) is 0 Å². The Balaban J connectivity index is 3.26. The monoisotopic (exact) mass is 297 g/mol. The Hall–Kier alpha value is -0.0400. The van der Waals surface area contributed by atoms with Crippen LogP contribution in [0.15, 0.2) is 0 Å². The molecule has 1 unspecified atom stereocenters. The molecule has 0 spiro atoms. The molecule has 0 bridgehead atoms.